The normalized spacial score (nSPS) is 13.3. The summed E-state index contributed by atoms with van der Waals surface area (Å²) in [5.41, 5.74) is 1.57. The van der Waals surface area contributed by atoms with Crippen LogP contribution in [0.3, 0.4) is 0 Å². The van der Waals surface area contributed by atoms with Gasteiger partial charge in [0, 0.05) is 24.0 Å². The zero-order valence-electron chi connectivity index (χ0n) is 13.6. The lowest BCUT2D eigenvalue weighted by molar-refractivity contribution is 0.101. The monoisotopic (exact) mass is 368 g/mol. The van der Waals surface area contributed by atoms with Crippen LogP contribution in [0.5, 0.6) is 11.5 Å². The fraction of sp³-hybridized carbons (Fsp3) is 0.188. The van der Waals surface area contributed by atoms with Gasteiger partial charge in [0.2, 0.25) is 5.82 Å². The van der Waals surface area contributed by atoms with Gasteiger partial charge in [0.15, 0.2) is 16.6 Å². The largest absolute Gasteiger partial charge is 0.486 e. The average Bonchev–Trinajstić information content (AvgIpc) is 3.23. The highest BCUT2D eigenvalue weighted by Gasteiger charge is 2.18. The maximum Gasteiger partial charge on any atom is 0.297 e. The lowest BCUT2D eigenvalue weighted by Crippen LogP contribution is -2.15. The van der Waals surface area contributed by atoms with Gasteiger partial charge < -0.3 is 9.47 Å². The number of ether oxygens (including phenoxy) is 2. The smallest absolute Gasteiger partial charge is 0.297 e. The molecule has 10 heteroatoms. The zero-order valence-corrected chi connectivity index (χ0v) is 14.4. The van der Waals surface area contributed by atoms with E-state index in [-0.39, 0.29) is 5.82 Å². The first-order chi connectivity index (χ1) is 12.7. The van der Waals surface area contributed by atoms with Gasteiger partial charge in [-0.2, -0.15) is 4.98 Å². The van der Waals surface area contributed by atoms with Crippen LogP contribution in [0.15, 0.2) is 24.4 Å². The van der Waals surface area contributed by atoms with Crippen molar-refractivity contribution in [2.45, 2.75) is 6.92 Å². The third-order valence-electron chi connectivity index (χ3n) is 3.91. The van der Waals surface area contributed by atoms with Gasteiger partial charge in [-0.05, 0) is 13.0 Å². The number of fused-ring (bicyclic) bond motifs is 3. The minimum absolute atomic E-state index is 0.0389. The molecule has 0 radical (unpaired) electrons. The van der Waals surface area contributed by atoms with Crippen LogP contribution >= 0.6 is 11.3 Å². The molecule has 1 aromatic carbocycles. The Morgan fingerprint density at radius 1 is 1.23 bits per heavy atom. The summed E-state index contributed by atoms with van der Waals surface area (Å²) in [6, 6.07) is 5.48. The van der Waals surface area contributed by atoms with Crippen LogP contribution < -0.4 is 14.8 Å². The molecule has 26 heavy (non-hydrogen) atoms. The Balaban J connectivity index is 1.46. The second-order valence-electron chi connectivity index (χ2n) is 5.67. The summed E-state index contributed by atoms with van der Waals surface area (Å²) in [6.07, 6.45) is 1.63. The molecule has 1 aliphatic heterocycles. The molecule has 3 aromatic heterocycles. The van der Waals surface area contributed by atoms with E-state index in [9.17, 15) is 4.79 Å². The van der Waals surface area contributed by atoms with Crippen LogP contribution in [0.25, 0.3) is 16.0 Å². The number of nitrogens with zero attached hydrogens (tertiary/aromatic N) is 5. The van der Waals surface area contributed by atoms with Gasteiger partial charge in [-0.25, -0.2) is 14.5 Å². The van der Waals surface area contributed by atoms with Gasteiger partial charge >= 0.3 is 0 Å². The molecule has 0 saturated heterocycles. The van der Waals surface area contributed by atoms with Crippen molar-refractivity contribution in [1.82, 2.24) is 24.6 Å². The fourth-order valence-corrected chi connectivity index (χ4v) is 3.55. The number of carbonyl (C=O) groups is 1. The number of nitrogens with one attached hydrogen (secondary N) is 1. The van der Waals surface area contributed by atoms with Crippen LogP contribution in [-0.4, -0.2) is 43.7 Å². The quantitative estimate of drug-likeness (QED) is 0.577. The van der Waals surface area contributed by atoms with Crippen molar-refractivity contribution >= 4 is 38.4 Å². The number of aromatic nitrogens is 5. The van der Waals surface area contributed by atoms with E-state index >= 15 is 0 Å². The SMILES string of the molecule is Cc1ccnc2nc(C(=O)Nc3nc4cc5c(cc4s3)OCCO5)nn12. The van der Waals surface area contributed by atoms with Crippen LogP contribution in [0.2, 0.25) is 0 Å². The Morgan fingerprint density at radius 2 is 2.04 bits per heavy atom. The molecule has 0 unspecified atom stereocenters. The first-order valence-electron chi connectivity index (χ1n) is 7.87. The number of benzene rings is 1. The van der Waals surface area contributed by atoms with Crippen LogP contribution in [0, 0.1) is 6.92 Å². The van der Waals surface area contributed by atoms with E-state index < -0.39 is 5.91 Å². The second-order valence-corrected chi connectivity index (χ2v) is 6.70. The van der Waals surface area contributed by atoms with Crippen molar-refractivity contribution in [2.24, 2.45) is 0 Å². The molecular weight excluding hydrogens is 356 g/mol. The van der Waals surface area contributed by atoms with Gasteiger partial charge in [0.05, 0.1) is 10.2 Å². The first-order valence-corrected chi connectivity index (χ1v) is 8.69. The Bertz CT molecular complexity index is 1120. The standard InChI is InChI=1S/C16H12N6O3S/c1-8-2-3-17-15-19-13(21-22(8)15)14(23)20-16-18-9-6-10-11(7-12(9)26-16)25-5-4-24-10/h2-3,6-7H,4-5H2,1H3,(H,18,20,23). The number of amides is 1. The minimum atomic E-state index is -0.439. The van der Waals surface area contributed by atoms with Crippen LogP contribution in [-0.2, 0) is 0 Å². The molecule has 0 bridgehead atoms. The summed E-state index contributed by atoms with van der Waals surface area (Å²) in [5.74, 6) is 1.33. The van der Waals surface area contributed by atoms with Crippen molar-refractivity contribution in [3.8, 4) is 11.5 Å². The summed E-state index contributed by atoms with van der Waals surface area (Å²) >= 11 is 1.35. The number of hydrogen-bond acceptors (Lipinski definition) is 8. The van der Waals surface area contributed by atoms with Gasteiger partial charge in [-0.3, -0.25) is 10.1 Å². The first kappa shape index (κ1) is 15.0. The van der Waals surface area contributed by atoms with Crippen molar-refractivity contribution in [1.29, 1.82) is 0 Å². The number of thiazole rings is 1. The van der Waals surface area contributed by atoms with E-state index in [1.54, 1.807) is 12.3 Å². The third-order valence-corrected chi connectivity index (χ3v) is 4.84. The van der Waals surface area contributed by atoms with Crippen molar-refractivity contribution < 1.29 is 14.3 Å². The highest BCUT2D eigenvalue weighted by molar-refractivity contribution is 7.22. The van der Waals surface area contributed by atoms with E-state index in [4.69, 9.17) is 9.47 Å². The molecule has 0 fully saturated rings. The molecule has 0 atom stereocenters. The Labute approximate surface area is 150 Å². The minimum Gasteiger partial charge on any atom is -0.486 e. The molecule has 0 saturated carbocycles. The van der Waals surface area contributed by atoms with E-state index in [0.717, 1.165) is 15.9 Å². The molecule has 1 amide bonds. The number of aryl methyl sites for hydroxylation is 1. The number of hydrogen-bond donors (Lipinski definition) is 1. The molecule has 130 valence electrons. The van der Waals surface area contributed by atoms with Gasteiger partial charge in [-0.1, -0.05) is 11.3 Å². The second kappa shape index (κ2) is 5.63. The van der Waals surface area contributed by atoms with Crippen LogP contribution in [0.1, 0.15) is 16.3 Å². The highest BCUT2D eigenvalue weighted by atomic mass is 32.1. The third kappa shape index (κ3) is 2.42. The molecule has 4 aromatic rings. The van der Waals surface area contributed by atoms with Crippen molar-refractivity contribution in [3.63, 3.8) is 0 Å². The summed E-state index contributed by atoms with van der Waals surface area (Å²) in [6.45, 7) is 2.90. The van der Waals surface area contributed by atoms with Gasteiger partial charge in [-0.15, -0.1) is 5.10 Å². The highest BCUT2D eigenvalue weighted by Crippen LogP contribution is 2.37. The number of anilines is 1. The zero-order chi connectivity index (χ0) is 17.7. The predicted octanol–water partition coefficient (Wildman–Crippen LogP) is 2.07. The van der Waals surface area contributed by atoms with E-state index in [1.807, 2.05) is 19.1 Å². The molecule has 5 rings (SSSR count). The van der Waals surface area contributed by atoms with Gasteiger partial charge in [0.1, 0.15) is 13.2 Å². The lowest BCUT2D eigenvalue weighted by Gasteiger charge is -2.17. The molecule has 1 aliphatic rings. The topological polar surface area (TPSA) is 104 Å². The lowest BCUT2D eigenvalue weighted by atomic mass is 10.3. The van der Waals surface area contributed by atoms with E-state index in [0.29, 0.717) is 35.6 Å². The summed E-state index contributed by atoms with van der Waals surface area (Å²) in [4.78, 5) is 25.2. The summed E-state index contributed by atoms with van der Waals surface area (Å²) in [5, 5.41) is 7.39. The fourth-order valence-electron chi connectivity index (χ4n) is 2.67. The Kier molecular flexibility index (Phi) is 3.25. The molecular formula is C16H12N6O3S. The molecule has 4 heterocycles. The van der Waals surface area contributed by atoms with E-state index in [2.05, 4.69) is 25.4 Å². The Morgan fingerprint density at radius 3 is 2.85 bits per heavy atom. The summed E-state index contributed by atoms with van der Waals surface area (Å²) < 4.78 is 13.5. The maximum atomic E-state index is 12.5. The van der Waals surface area contributed by atoms with Crippen molar-refractivity contribution in [2.75, 3.05) is 18.5 Å². The average molecular weight is 368 g/mol. The summed E-state index contributed by atoms with van der Waals surface area (Å²) in [7, 11) is 0. The molecule has 9 nitrogen and oxygen atoms in total. The van der Waals surface area contributed by atoms with Crippen molar-refractivity contribution in [3.05, 3.63) is 35.9 Å². The Hall–Kier alpha value is -3.27. The number of carbonyl (C=O) groups excluding carboxylic acids is 1. The molecule has 1 N–H and O–H groups in total. The van der Waals surface area contributed by atoms with Crippen LogP contribution in [0.4, 0.5) is 5.13 Å². The predicted molar refractivity (Wildman–Crippen MR) is 94.1 cm³/mol. The van der Waals surface area contributed by atoms with E-state index in [1.165, 1.54) is 15.9 Å². The van der Waals surface area contributed by atoms with Gasteiger partial charge in [0.25, 0.3) is 11.7 Å². The molecule has 0 aliphatic carbocycles. The number of rotatable bonds is 2. The molecule has 0 spiro atoms. The maximum absolute atomic E-state index is 12.5.